The summed E-state index contributed by atoms with van der Waals surface area (Å²) in [5, 5.41) is 9.58. The Labute approximate surface area is 99.4 Å². The van der Waals surface area contributed by atoms with Gasteiger partial charge in [-0.25, -0.2) is 0 Å². The van der Waals surface area contributed by atoms with Gasteiger partial charge in [-0.15, -0.1) is 0 Å². The standard InChI is InChI=1S/C10H9F3N4O/c1-4-6(10(11,12)13)7(16-15-4)9-14-8(17-18-9)5-2-3-5/h5H,2-3H2,1H3,(H,15,16). The molecule has 3 rings (SSSR count). The molecule has 0 aromatic carbocycles. The van der Waals surface area contributed by atoms with Crippen LogP contribution in [-0.2, 0) is 6.18 Å². The van der Waals surface area contributed by atoms with E-state index in [-0.39, 0.29) is 23.2 Å². The normalized spacial score (nSPS) is 16.2. The van der Waals surface area contributed by atoms with Crippen molar-refractivity contribution in [2.75, 3.05) is 0 Å². The van der Waals surface area contributed by atoms with Crippen LogP contribution >= 0.6 is 0 Å². The van der Waals surface area contributed by atoms with Crippen LogP contribution in [0.1, 0.15) is 35.8 Å². The Morgan fingerprint density at radius 3 is 2.67 bits per heavy atom. The molecule has 1 N–H and O–H groups in total. The van der Waals surface area contributed by atoms with Crippen molar-refractivity contribution in [2.24, 2.45) is 0 Å². The van der Waals surface area contributed by atoms with Crippen LogP contribution in [0.2, 0.25) is 0 Å². The average molecular weight is 258 g/mol. The first-order valence-corrected chi connectivity index (χ1v) is 5.43. The van der Waals surface area contributed by atoms with Crippen LogP contribution in [0.15, 0.2) is 4.52 Å². The van der Waals surface area contributed by atoms with Crippen molar-refractivity contribution in [3.63, 3.8) is 0 Å². The fraction of sp³-hybridized carbons (Fsp3) is 0.500. The number of aromatic nitrogens is 4. The molecule has 18 heavy (non-hydrogen) atoms. The van der Waals surface area contributed by atoms with Gasteiger partial charge in [0.1, 0.15) is 5.56 Å². The molecule has 1 saturated carbocycles. The Hall–Kier alpha value is -1.86. The van der Waals surface area contributed by atoms with Crippen LogP contribution in [0.4, 0.5) is 13.2 Å². The maximum absolute atomic E-state index is 12.9. The summed E-state index contributed by atoms with van der Waals surface area (Å²) in [4.78, 5) is 3.97. The van der Waals surface area contributed by atoms with Crippen molar-refractivity contribution in [3.05, 3.63) is 17.1 Å². The fourth-order valence-corrected chi connectivity index (χ4v) is 1.77. The van der Waals surface area contributed by atoms with E-state index in [0.717, 1.165) is 12.8 Å². The zero-order valence-electron chi connectivity index (χ0n) is 9.38. The van der Waals surface area contributed by atoms with Gasteiger partial charge in [0, 0.05) is 11.6 Å². The molecule has 0 unspecified atom stereocenters. The minimum absolute atomic E-state index is 0.0660. The lowest BCUT2D eigenvalue weighted by atomic mass is 10.2. The van der Waals surface area contributed by atoms with Gasteiger partial charge in [0.2, 0.25) is 0 Å². The highest BCUT2D eigenvalue weighted by Crippen LogP contribution is 2.41. The van der Waals surface area contributed by atoms with E-state index >= 15 is 0 Å². The van der Waals surface area contributed by atoms with Crippen molar-refractivity contribution in [3.8, 4) is 11.6 Å². The zero-order chi connectivity index (χ0) is 12.9. The molecule has 2 aromatic heterocycles. The second-order valence-electron chi connectivity index (χ2n) is 4.30. The molecule has 5 nitrogen and oxygen atoms in total. The van der Waals surface area contributed by atoms with Gasteiger partial charge in [0.25, 0.3) is 5.89 Å². The van der Waals surface area contributed by atoms with Gasteiger partial charge in [-0.3, -0.25) is 5.10 Å². The third-order valence-electron chi connectivity index (χ3n) is 2.82. The molecule has 1 fully saturated rings. The summed E-state index contributed by atoms with van der Waals surface area (Å²) >= 11 is 0. The van der Waals surface area contributed by atoms with Gasteiger partial charge < -0.3 is 4.52 Å². The van der Waals surface area contributed by atoms with Crippen LogP contribution in [0, 0.1) is 6.92 Å². The summed E-state index contributed by atoms with van der Waals surface area (Å²) in [5.74, 6) is 0.490. The third-order valence-corrected chi connectivity index (χ3v) is 2.82. The molecule has 0 saturated heterocycles. The molecule has 0 bridgehead atoms. The molecule has 0 atom stereocenters. The first-order valence-electron chi connectivity index (χ1n) is 5.43. The number of hydrogen-bond donors (Lipinski definition) is 1. The number of halogens is 3. The van der Waals surface area contributed by atoms with Crippen LogP contribution in [0.25, 0.3) is 11.6 Å². The van der Waals surface area contributed by atoms with Gasteiger partial charge in [0.05, 0.1) is 0 Å². The topological polar surface area (TPSA) is 67.6 Å². The lowest BCUT2D eigenvalue weighted by molar-refractivity contribution is -0.137. The molecular formula is C10H9F3N4O. The minimum Gasteiger partial charge on any atom is -0.332 e. The van der Waals surface area contributed by atoms with Gasteiger partial charge in [0.15, 0.2) is 11.5 Å². The van der Waals surface area contributed by atoms with E-state index in [0.29, 0.717) is 5.82 Å². The minimum atomic E-state index is -4.50. The van der Waals surface area contributed by atoms with Gasteiger partial charge in [-0.05, 0) is 19.8 Å². The highest BCUT2D eigenvalue weighted by Gasteiger charge is 2.40. The molecule has 0 aliphatic heterocycles. The maximum atomic E-state index is 12.9. The Morgan fingerprint density at radius 1 is 1.33 bits per heavy atom. The van der Waals surface area contributed by atoms with Gasteiger partial charge >= 0.3 is 6.18 Å². The summed E-state index contributed by atoms with van der Waals surface area (Å²) in [6.07, 6.45) is -2.60. The highest BCUT2D eigenvalue weighted by atomic mass is 19.4. The molecule has 0 spiro atoms. The molecule has 0 amide bonds. The number of rotatable bonds is 2. The number of alkyl halides is 3. The number of aryl methyl sites for hydroxylation is 1. The largest absolute Gasteiger partial charge is 0.420 e. The van der Waals surface area contributed by atoms with Crippen molar-refractivity contribution < 1.29 is 17.7 Å². The number of H-pyrrole nitrogens is 1. The molecular weight excluding hydrogens is 249 g/mol. The van der Waals surface area contributed by atoms with E-state index in [4.69, 9.17) is 4.52 Å². The third kappa shape index (κ3) is 1.77. The van der Waals surface area contributed by atoms with E-state index in [1.807, 2.05) is 0 Å². The summed E-state index contributed by atoms with van der Waals surface area (Å²) in [6, 6.07) is 0. The highest BCUT2D eigenvalue weighted by molar-refractivity contribution is 5.55. The molecule has 96 valence electrons. The van der Waals surface area contributed by atoms with Crippen molar-refractivity contribution in [1.29, 1.82) is 0 Å². The molecule has 1 aliphatic rings. The van der Waals surface area contributed by atoms with Crippen LogP contribution in [-0.4, -0.2) is 20.3 Å². The quantitative estimate of drug-likeness (QED) is 0.899. The van der Waals surface area contributed by atoms with Gasteiger partial charge in [-0.2, -0.15) is 23.3 Å². The van der Waals surface area contributed by atoms with Gasteiger partial charge in [-0.1, -0.05) is 5.16 Å². The second-order valence-corrected chi connectivity index (χ2v) is 4.30. The Kier molecular flexibility index (Phi) is 2.23. The van der Waals surface area contributed by atoms with Crippen molar-refractivity contribution in [2.45, 2.75) is 31.9 Å². The molecule has 0 radical (unpaired) electrons. The number of nitrogens with one attached hydrogen (secondary N) is 1. The van der Waals surface area contributed by atoms with E-state index < -0.39 is 11.7 Å². The zero-order valence-corrected chi connectivity index (χ0v) is 9.38. The predicted molar refractivity (Wildman–Crippen MR) is 53.6 cm³/mol. The Morgan fingerprint density at radius 2 is 2.06 bits per heavy atom. The van der Waals surface area contributed by atoms with Crippen molar-refractivity contribution in [1.82, 2.24) is 20.3 Å². The molecule has 8 heteroatoms. The van der Waals surface area contributed by atoms with Crippen molar-refractivity contribution >= 4 is 0 Å². The van der Waals surface area contributed by atoms with Crippen LogP contribution < -0.4 is 0 Å². The lowest BCUT2D eigenvalue weighted by Gasteiger charge is -2.05. The first kappa shape index (κ1) is 11.2. The SMILES string of the molecule is Cc1[nH]nc(-c2nc(C3CC3)no2)c1C(F)(F)F. The molecule has 1 aliphatic carbocycles. The van der Waals surface area contributed by atoms with E-state index in [1.165, 1.54) is 6.92 Å². The summed E-state index contributed by atoms with van der Waals surface area (Å²) in [6.45, 7) is 1.30. The fourth-order valence-electron chi connectivity index (χ4n) is 1.77. The summed E-state index contributed by atoms with van der Waals surface area (Å²) < 4.78 is 43.4. The first-order chi connectivity index (χ1) is 8.47. The van der Waals surface area contributed by atoms with E-state index in [2.05, 4.69) is 20.3 Å². The molecule has 2 aromatic rings. The monoisotopic (exact) mass is 258 g/mol. The molecule has 2 heterocycles. The smallest absolute Gasteiger partial charge is 0.332 e. The summed E-state index contributed by atoms with van der Waals surface area (Å²) in [5.41, 5.74) is -1.25. The second kappa shape index (κ2) is 3.56. The maximum Gasteiger partial charge on any atom is 0.420 e. The number of hydrogen-bond acceptors (Lipinski definition) is 4. The van der Waals surface area contributed by atoms with Crippen LogP contribution in [0.3, 0.4) is 0 Å². The average Bonchev–Trinajstić information content (AvgIpc) is 2.86. The number of aromatic amines is 1. The Balaban J connectivity index is 2.05. The Bertz CT molecular complexity index is 582. The predicted octanol–water partition coefficient (Wildman–Crippen LogP) is 2.66. The van der Waals surface area contributed by atoms with E-state index in [1.54, 1.807) is 0 Å². The lowest BCUT2D eigenvalue weighted by Crippen LogP contribution is -2.07. The van der Waals surface area contributed by atoms with E-state index in [9.17, 15) is 13.2 Å². The summed E-state index contributed by atoms with van der Waals surface area (Å²) in [7, 11) is 0. The van der Waals surface area contributed by atoms with Crippen LogP contribution in [0.5, 0.6) is 0 Å². The number of nitrogens with zero attached hydrogens (tertiary/aromatic N) is 3.